The molecule has 10 heteroatoms. The highest BCUT2D eigenvalue weighted by molar-refractivity contribution is 7.92. The van der Waals surface area contributed by atoms with Crippen molar-refractivity contribution in [1.82, 2.24) is 10.2 Å². The zero-order valence-electron chi connectivity index (χ0n) is 21.7. The number of hydrogen-bond donors (Lipinski definition) is 1. The Labute approximate surface area is 219 Å². The highest BCUT2D eigenvalue weighted by Gasteiger charge is 2.32. The second-order valence-corrected chi connectivity index (χ2v) is 11.1. The highest BCUT2D eigenvalue weighted by Crippen LogP contribution is 2.25. The van der Waals surface area contributed by atoms with Crippen molar-refractivity contribution in [2.24, 2.45) is 0 Å². The first kappa shape index (κ1) is 29.5. The van der Waals surface area contributed by atoms with Gasteiger partial charge in [0.05, 0.1) is 19.1 Å². The van der Waals surface area contributed by atoms with E-state index in [1.54, 1.807) is 38.3 Å². The van der Waals surface area contributed by atoms with Gasteiger partial charge in [0.15, 0.2) is 0 Å². The number of carbonyl (C=O) groups is 2. The van der Waals surface area contributed by atoms with Gasteiger partial charge >= 0.3 is 0 Å². The van der Waals surface area contributed by atoms with Crippen LogP contribution in [-0.4, -0.2) is 57.1 Å². The molecule has 0 heterocycles. The van der Waals surface area contributed by atoms with E-state index in [9.17, 15) is 18.0 Å². The minimum Gasteiger partial charge on any atom is -0.497 e. The van der Waals surface area contributed by atoms with Crippen LogP contribution in [0.25, 0.3) is 0 Å². The summed E-state index contributed by atoms with van der Waals surface area (Å²) in [5.41, 5.74) is 1.85. The zero-order chi connectivity index (χ0) is 27.0. The number of benzene rings is 2. The first-order chi connectivity index (χ1) is 16.9. The Morgan fingerprint density at radius 1 is 1.08 bits per heavy atom. The van der Waals surface area contributed by atoms with Crippen LogP contribution in [0.2, 0.25) is 5.02 Å². The predicted molar refractivity (Wildman–Crippen MR) is 144 cm³/mol. The van der Waals surface area contributed by atoms with Gasteiger partial charge < -0.3 is 15.0 Å². The number of hydrogen-bond acceptors (Lipinski definition) is 5. The van der Waals surface area contributed by atoms with Crippen LogP contribution in [0.5, 0.6) is 5.75 Å². The van der Waals surface area contributed by atoms with E-state index in [0.717, 1.165) is 28.1 Å². The number of sulfonamides is 1. The Morgan fingerprint density at radius 2 is 1.72 bits per heavy atom. The maximum atomic E-state index is 13.7. The molecule has 0 aliphatic carbocycles. The fourth-order valence-electron chi connectivity index (χ4n) is 3.64. The Hall–Kier alpha value is -2.78. The monoisotopic (exact) mass is 537 g/mol. The van der Waals surface area contributed by atoms with Crippen LogP contribution < -0.4 is 14.4 Å². The van der Waals surface area contributed by atoms with E-state index in [4.69, 9.17) is 16.3 Å². The number of nitrogens with zero attached hydrogens (tertiary/aromatic N) is 2. The van der Waals surface area contributed by atoms with Gasteiger partial charge in [0.25, 0.3) is 0 Å². The maximum Gasteiger partial charge on any atom is 0.244 e. The third kappa shape index (κ3) is 7.86. The van der Waals surface area contributed by atoms with Crippen LogP contribution in [0.4, 0.5) is 5.69 Å². The molecule has 1 N–H and O–H groups in total. The number of anilines is 1. The van der Waals surface area contributed by atoms with Crippen LogP contribution in [0.3, 0.4) is 0 Å². The van der Waals surface area contributed by atoms with Gasteiger partial charge in [-0.15, -0.1) is 0 Å². The lowest BCUT2D eigenvalue weighted by molar-refractivity contribution is -0.140. The molecule has 0 saturated heterocycles. The molecule has 2 aromatic carbocycles. The molecule has 2 aromatic rings. The molecule has 0 fully saturated rings. The molecule has 0 bridgehead atoms. The van der Waals surface area contributed by atoms with Crippen LogP contribution in [0, 0.1) is 6.92 Å². The van der Waals surface area contributed by atoms with Gasteiger partial charge in [0.2, 0.25) is 21.8 Å². The number of halogens is 1. The summed E-state index contributed by atoms with van der Waals surface area (Å²) in [6.45, 7) is 7.14. The number of ether oxygens (including phenoxy) is 1. The first-order valence-electron chi connectivity index (χ1n) is 11.9. The molecule has 0 aliphatic rings. The average Bonchev–Trinajstić information content (AvgIpc) is 2.83. The van der Waals surface area contributed by atoms with Gasteiger partial charge in [-0.2, -0.15) is 0 Å². The Kier molecular flexibility index (Phi) is 10.6. The summed E-state index contributed by atoms with van der Waals surface area (Å²) in [5.74, 6) is -0.116. The number of methoxy groups -OCH3 is 1. The van der Waals surface area contributed by atoms with Gasteiger partial charge in [0.1, 0.15) is 18.3 Å². The van der Waals surface area contributed by atoms with Crippen molar-refractivity contribution in [1.29, 1.82) is 0 Å². The van der Waals surface area contributed by atoms with Gasteiger partial charge in [-0.3, -0.25) is 13.9 Å². The molecule has 0 aromatic heterocycles. The normalized spacial score (nSPS) is 13.0. The molecular weight excluding hydrogens is 502 g/mol. The second kappa shape index (κ2) is 13.0. The van der Waals surface area contributed by atoms with E-state index >= 15 is 0 Å². The van der Waals surface area contributed by atoms with E-state index in [2.05, 4.69) is 5.32 Å². The summed E-state index contributed by atoms with van der Waals surface area (Å²) in [7, 11) is -2.26. The van der Waals surface area contributed by atoms with E-state index in [-0.39, 0.29) is 24.2 Å². The van der Waals surface area contributed by atoms with Crippen molar-refractivity contribution in [3.63, 3.8) is 0 Å². The second-order valence-electron chi connectivity index (χ2n) is 8.81. The molecular formula is C26H36ClN3O5S. The van der Waals surface area contributed by atoms with Crippen molar-refractivity contribution >= 4 is 39.1 Å². The largest absolute Gasteiger partial charge is 0.497 e. The molecule has 2 atom stereocenters. The van der Waals surface area contributed by atoms with Crippen molar-refractivity contribution in [2.75, 3.05) is 24.2 Å². The van der Waals surface area contributed by atoms with E-state index < -0.39 is 28.5 Å². The van der Waals surface area contributed by atoms with E-state index in [1.807, 2.05) is 32.9 Å². The molecule has 198 valence electrons. The maximum absolute atomic E-state index is 13.7. The summed E-state index contributed by atoms with van der Waals surface area (Å²) in [5, 5.41) is 3.34. The van der Waals surface area contributed by atoms with Gasteiger partial charge in [-0.05, 0) is 62.1 Å². The summed E-state index contributed by atoms with van der Waals surface area (Å²) in [4.78, 5) is 28.3. The first-order valence-corrected chi connectivity index (χ1v) is 14.1. The van der Waals surface area contributed by atoms with Crippen LogP contribution >= 0.6 is 11.6 Å². The third-order valence-electron chi connectivity index (χ3n) is 6.02. The topological polar surface area (TPSA) is 96.0 Å². The number of nitrogens with one attached hydrogen (secondary N) is 1. The predicted octanol–water partition coefficient (Wildman–Crippen LogP) is 4.15. The van der Waals surface area contributed by atoms with Crippen molar-refractivity contribution < 1.29 is 22.7 Å². The molecule has 0 aliphatic heterocycles. The molecule has 36 heavy (non-hydrogen) atoms. The fraction of sp³-hybridized carbons (Fsp3) is 0.462. The molecule has 2 amide bonds. The zero-order valence-corrected chi connectivity index (χ0v) is 23.3. The standard InChI is InChI=1S/C26H36ClN3O5S/c1-7-19(4)28-26(32)24(8-2)29(16-20-10-13-22(35-5)14-11-20)25(31)17-30(36(6,33)34)21-12-9-18(3)23(27)15-21/h9-15,19,24H,7-8,16-17H2,1-6H3,(H,28,32)/t19-,24-/m0/s1. The van der Waals surface area contributed by atoms with Crippen molar-refractivity contribution in [3.05, 3.63) is 58.6 Å². The number of aryl methyl sites for hydroxylation is 1. The average molecular weight is 538 g/mol. The fourth-order valence-corrected chi connectivity index (χ4v) is 4.66. The Balaban J connectivity index is 2.45. The summed E-state index contributed by atoms with van der Waals surface area (Å²) >= 11 is 6.24. The summed E-state index contributed by atoms with van der Waals surface area (Å²) in [6.07, 6.45) is 2.14. The highest BCUT2D eigenvalue weighted by atomic mass is 35.5. The molecule has 0 unspecified atom stereocenters. The van der Waals surface area contributed by atoms with Gasteiger partial charge in [-0.1, -0.05) is 43.6 Å². The number of amides is 2. The Bertz CT molecular complexity index is 1150. The third-order valence-corrected chi connectivity index (χ3v) is 7.57. The molecule has 0 saturated carbocycles. The van der Waals surface area contributed by atoms with E-state index in [0.29, 0.717) is 17.2 Å². The SMILES string of the molecule is CC[C@H](C)NC(=O)[C@H](CC)N(Cc1ccc(OC)cc1)C(=O)CN(c1ccc(C)c(Cl)c1)S(C)(=O)=O. The molecule has 0 spiro atoms. The van der Waals surface area contributed by atoms with Crippen molar-refractivity contribution in [3.8, 4) is 5.75 Å². The smallest absolute Gasteiger partial charge is 0.244 e. The Morgan fingerprint density at radius 3 is 2.22 bits per heavy atom. The summed E-state index contributed by atoms with van der Waals surface area (Å²) in [6, 6.07) is 11.2. The molecule has 2 rings (SSSR count). The lowest BCUT2D eigenvalue weighted by Gasteiger charge is -2.33. The lowest BCUT2D eigenvalue weighted by atomic mass is 10.1. The number of carbonyl (C=O) groups excluding carboxylic acids is 2. The minimum atomic E-state index is -3.82. The van der Waals surface area contributed by atoms with E-state index in [1.165, 1.54) is 11.0 Å². The summed E-state index contributed by atoms with van der Waals surface area (Å²) < 4.78 is 31.6. The van der Waals surface area contributed by atoms with Crippen molar-refractivity contribution in [2.45, 2.75) is 59.2 Å². The van der Waals surface area contributed by atoms with Gasteiger partial charge in [0, 0.05) is 17.6 Å². The lowest BCUT2D eigenvalue weighted by Crippen LogP contribution is -2.53. The van der Waals surface area contributed by atoms with Crippen LogP contribution in [0.15, 0.2) is 42.5 Å². The molecule has 8 nitrogen and oxygen atoms in total. The van der Waals surface area contributed by atoms with Crippen LogP contribution in [-0.2, 0) is 26.2 Å². The van der Waals surface area contributed by atoms with Crippen LogP contribution in [0.1, 0.15) is 44.7 Å². The molecule has 0 radical (unpaired) electrons. The minimum absolute atomic E-state index is 0.0632. The quantitative estimate of drug-likeness (QED) is 0.439. The number of rotatable bonds is 12. The van der Waals surface area contributed by atoms with Gasteiger partial charge in [-0.25, -0.2) is 8.42 Å².